The maximum atomic E-state index is 12.2. The van der Waals surface area contributed by atoms with Gasteiger partial charge in [0, 0.05) is 48.0 Å². The van der Waals surface area contributed by atoms with Crippen LogP contribution in [0, 0.1) is 6.92 Å². The lowest BCUT2D eigenvalue weighted by molar-refractivity contribution is -0.146. The van der Waals surface area contributed by atoms with Gasteiger partial charge in [0.1, 0.15) is 12.4 Å². The lowest BCUT2D eigenvalue weighted by Crippen LogP contribution is -2.59. The van der Waals surface area contributed by atoms with Crippen LogP contribution in [-0.2, 0) is 39.9 Å². The van der Waals surface area contributed by atoms with Crippen molar-refractivity contribution in [3.63, 3.8) is 0 Å². The number of aryl methyl sites for hydroxylation is 1. The number of ether oxygens (including phenoxy) is 3. The zero-order valence-electron chi connectivity index (χ0n) is 34.1. The Bertz CT molecular complexity index is 2010. The highest BCUT2D eigenvalue weighted by Crippen LogP contribution is 2.29. The van der Waals surface area contributed by atoms with E-state index in [-0.39, 0.29) is 37.9 Å². The maximum absolute atomic E-state index is 12.2. The molecule has 7 N–H and O–H groups in total. The second-order valence-electron chi connectivity index (χ2n) is 14.7. The van der Waals surface area contributed by atoms with Crippen molar-refractivity contribution in [2.45, 2.75) is 57.2 Å². The molecule has 0 bridgehead atoms. The molecule has 1 heterocycles. The molecule has 0 saturated heterocycles. The molecule has 4 rings (SSSR count). The van der Waals surface area contributed by atoms with Gasteiger partial charge in [-0.25, -0.2) is 4.79 Å². The number of anilines is 1. The average Bonchev–Trinajstić information content (AvgIpc) is 3.19. The fourth-order valence-corrected chi connectivity index (χ4v) is 7.62. The summed E-state index contributed by atoms with van der Waals surface area (Å²) in [6, 6.07) is 13.6. The van der Waals surface area contributed by atoms with Crippen LogP contribution in [0.15, 0.2) is 54.6 Å². The number of pyridine rings is 1. The van der Waals surface area contributed by atoms with Gasteiger partial charge in [0.25, 0.3) is 0 Å². The smallest absolute Gasteiger partial charge is 0.480 e. The molecular formula is C41H52N6O14S. The van der Waals surface area contributed by atoms with Crippen LogP contribution < -0.4 is 15.4 Å². The van der Waals surface area contributed by atoms with E-state index in [0.717, 1.165) is 16.6 Å². The van der Waals surface area contributed by atoms with Crippen LogP contribution in [0.1, 0.15) is 36.9 Å². The number of nitrogens with zero attached hydrogens (tertiary/aromatic N) is 4. The van der Waals surface area contributed by atoms with Gasteiger partial charge in [-0.2, -0.15) is 0 Å². The third kappa shape index (κ3) is 16.8. The van der Waals surface area contributed by atoms with E-state index in [1.807, 2.05) is 19.1 Å². The van der Waals surface area contributed by atoms with Gasteiger partial charge in [-0.05, 0) is 80.4 Å². The number of rotatable bonds is 25. The average molecular weight is 885 g/mol. The SMILES string of the molecule is Cc1ccc2cc(OC(=O)OCCOCCNC(=S)Nc3ccc(C[C@@H](CN(CC(=O)O)[C@@H]4CCCC[C@H]4N(CC(=O)O)CC(=O)O)N(CC(=O)O)CC(=O)O)cc3)ccc2n1. The van der Waals surface area contributed by atoms with Crippen molar-refractivity contribution in [3.8, 4) is 5.75 Å². The molecular weight excluding hydrogens is 833 g/mol. The maximum Gasteiger partial charge on any atom is 0.513 e. The summed E-state index contributed by atoms with van der Waals surface area (Å²) in [5, 5.41) is 55.7. The molecule has 1 fully saturated rings. The van der Waals surface area contributed by atoms with E-state index in [4.69, 9.17) is 26.4 Å². The van der Waals surface area contributed by atoms with E-state index in [1.54, 1.807) is 47.4 Å². The number of benzene rings is 2. The molecule has 3 atom stereocenters. The zero-order valence-corrected chi connectivity index (χ0v) is 35.0. The summed E-state index contributed by atoms with van der Waals surface area (Å²) in [6.45, 7) is -0.632. The quantitative estimate of drug-likeness (QED) is 0.0279. The summed E-state index contributed by atoms with van der Waals surface area (Å²) < 4.78 is 15.8. The lowest BCUT2D eigenvalue weighted by Gasteiger charge is -2.45. The topological polar surface area (TPSA) is 278 Å². The van der Waals surface area contributed by atoms with Crippen molar-refractivity contribution >= 4 is 69.9 Å². The van der Waals surface area contributed by atoms with Crippen LogP contribution in [-0.4, -0.2) is 170 Å². The summed E-state index contributed by atoms with van der Waals surface area (Å²) in [5.41, 5.74) is 2.91. The number of thiocarbonyl (C=S) groups is 1. The highest BCUT2D eigenvalue weighted by molar-refractivity contribution is 7.80. The molecule has 336 valence electrons. The lowest BCUT2D eigenvalue weighted by atomic mass is 9.87. The molecule has 3 aromatic rings. The number of aliphatic carboxylic acids is 5. The van der Waals surface area contributed by atoms with Crippen molar-refractivity contribution in [2.24, 2.45) is 0 Å². The molecule has 1 aliphatic rings. The number of hydrogen-bond donors (Lipinski definition) is 7. The Kier molecular flexibility index (Phi) is 19.2. The Balaban J connectivity index is 1.32. The van der Waals surface area contributed by atoms with Crippen LogP contribution in [0.2, 0.25) is 0 Å². The van der Waals surface area contributed by atoms with Gasteiger partial charge in [0.15, 0.2) is 5.11 Å². The van der Waals surface area contributed by atoms with Crippen molar-refractivity contribution in [3.05, 3.63) is 65.9 Å². The van der Waals surface area contributed by atoms with E-state index < -0.39 is 86.9 Å². The molecule has 1 aliphatic carbocycles. The highest BCUT2D eigenvalue weighted by atomic mass is 32.1. The number of carboxylic acid groups (broad SMARTS) is 5. The first-order chi connectivity index (χ1) is 29.6. The molecule has 0 spiro atoms. The van der Waals surface area contributed by atoms with E-state index in [2.05, 4.69) is 15.6 Å². The third-order valence-corrected chi connectivity index (χ3v) is 10.2. The largest absolute Gasteiger partial charge is 0.513 e. The van der Waals surface area contributed by atoms with Crippen molar-refractivity contribution in [1.82, 2.24) is 25.0 Å². The fourth-order valence-electron chi connectivity index (χ4n) is 7.40. The number of nitrogens with one attached hydrogen (secondary N) is 2. The number of carbonyl (C=O) groups is 6. The van der Waals surface area contributed by atoms with Gasteiger partial charge in [-0.15, -0.1) is 0 Å². The van der Waals surface area contributed by atoms with Gasteiger partial charge in [0.05, 0.1) is 51.5 Å². The third-order valence-electron chi connectivity index (χ3n) is 9.95. The Morgan fingerprint density at radius 1 is 0.758 bits per heavy atom. The van der Waals surface area contributed by atoms with Gasteiger partial charge < -0.3 is 50.4 Å². The zero-order chi connectivity index (χ0) is 45.2. The second-order valence-corrected chi connectivity index (χ2v) is 15.1. The first-order valence-corrected chi connectivity index (χ1v) is 20.2. The normalized spacial score (nSPS) is 15.5. The molecule has 1 aromatic heterocycles. The second kappa shape index (κ2) is 24.4. The summed E-state index contributed by atoms with van der Waals surface area (Å²) in [4.78, 5) is 80.2. The molecule has 2 aromatic carbocycles. The van der Waals surface area contributed by atoms with Crippen LogP contribution >= 0.6 is 12.2 Å². The Hall–Kier alpha value is -6.00. The van der Waals surface area contributed by atoms with Crippen LogP contribution in [0.25, 0.3) is 10.9 Å². The minimum atomic E-state index is -1.30. The van der Waals surface area contributed by atoms with Crippen LogP contribution in [0.5, 0.6) is 5.75 Å². The van der Waals surface area contributed by atoms with E-state index >= 15 is 0 Å². The standard InChI is InChI=1S/C41H52N6O14S/c1-26-6-9-28-19-31(12-13-32(28)43-26)61-41(58)60-17-16-59-15-14-42-40(62)44-29-10-7-27(8-11-29)18-30(45(21-35(48)49)22-36(50)51)20-46(23-37(52)53)33-4-2-3-5-34(33)47(24-38(54)55)25-39(56)57/h6-13,19,30,33-34H,2-5,14-18,20-25H2,1H3,(H,48,49)(H,50,51)(H,52,53)(H,54,55)(H,56,57)(H2,42,44,62)/t30-,33+,34+/m0/s1. The van der Waals surface area contributed by atoms with Gasteiger partial charge >= 0.3 is 36.0 Å². The van der Waals surface area contributed by atoms with Crippen molar-refractivity contribution in [1.29, 1.82) is 0 Å². The number of aromatic nitrogens is 1. The predicted molar refractivity (Wildman–Crippen MR) is 226 cm³/mol. The predicted octanol–water partition coefficient (Wildman–Crippen LogP) is 2.61. The van der Waals surface area contributed by atoms with Gasteiger partial charge in [-0.3, -0.25) is 43.7 Å². The van der Waals surface area contributed by atoms with Crippen molar-refractivity contribution in [2.75, 3.05) is 71.0 Å². The van der Waals surface area contributed by atoms with Crippen molar-refractivity contribution < 1.29 is 68.5 Å². The number of carbonyl (C=O) groups excluding carboxylic acids is 1. The number of hydrogen-bond acceptors (Lipinski definition) is 14. The summed E-state index contributed by atoms with van der Waals surface area (Å²) in [7, 11) is 0. The first kappa shape index (κ1) is 48.7. The van der Waals surface area contributed by atoms with Gasteiger partial charge in [-0.1, -0.05) is 31.0 Å². The van der Waals surface area contributed by atoms with E-state index in [1.165, 1.54) is 9.80 Å². The Morgan fingerprint density at radius 3 is 1.97 bits per heavy atom. The van der Waals surface area contributed by atoms with Crippen LogP contribution in [0.4, 0.5) is 10.5 Å². The van der Waals surface area contributed by atoms with Gasteiger partial charge in [0.2, 0.25) is 0 Å². The van der Waals surface area contributed by atoms with E-state index in [0.29, 0.717) is 49.2 Å². The molecule has 20 nitrogen and oxygen atoms in total. The Morgan fingerprint density at radius 2 is 1.35 bits per heavy atom. The minimum absolute atomic E-state index is 0.0374. The number of fused-ring (bicyclic) bond motifs is 1. The number of carboxylic acids is 5. The molecule has 62 heavy (non-hydrogen) atoms. The van der Waals surface area contributed by atoms with Crippen LogP contribution in [0.3, 0.4) is 0 Å². The minimum Gasteiger partial charge on any atom is -0.480 e. The molecule has 0 aliphatic heterocycles. The summed E-state index contributed by atoms with van der Waals surface area (Å²) in [6.07, 6.45) is 1.35. The highest BCUT2D eigenvalue weighted by Gasteiger charge is 2.38. The fraction of sp³-hybridized carbons (Fsp3) is 0.463. The molecule has 0 amide bonds. The molecule has 21 heteroatoms. The monoisotopic (exact) mass is 884 g/mol. The van der Waals surface area contributed by atoms with E-state index in [9.17, 15) is 54.3 Å². The molecule has 0 unspecified atom stereocenters. The first-order valence-electron chi connectivity index (χ1n) is 19.8. The molecule has 1 saturated carbocycles. The summed E-state index contributed by atoms with van der Waals surface area (Å²) >= 11 is 5.40. The molecule has 0 radical (unpaired) electrons. The summed E-state index contributed by atoms with van der Waals surface area (Å²) in [5.74, 6) is -5.98. The Labute approximate surface area is 362 Å².